The first-order valence-corrected chi connectivity index (χ1v) is 11.6. The third-order valence-corrected chi connectivity index (χ3v) is 6.81. The number of hydrogen-bond acceptors (Lipinski definition) is 5. The number of nitrogens with zero attached hydrogens (tertiary/aromatic N) is 4. The van der Waals surface area contributed by atoms with Gasteiger partial charge in [-0.3, -0.25) is 9.13 Å². The van der Waals surface area contributed by atoms with E-state index < -0.39 is 0 Å². The van der Waals surface area contributed by atoms with Gasteiger partial charge in [-0.15, -0.1) is 10.2 Å². The van der Waals surface area contributed by atoms with Crippen LogP contribution in [0, 0.1) is 0 Å². The van der Waals surface area contributed by atoms with Crippen molar-refractivity contribution < 1.29 is 4.42 Å². The van der Waals surface area contributed by atoms with Crippen LogP contribution in [0.2, 0.25) is 0 Å². The second kappa shape index (κ2) is 8.55. The molecular weight excluding hydrogens is 398 g/mol. The van der Waals surface area contributed by atoms with E-state index in [4.69, 9.17) is 4.42 Å². The molecule has 0 aliphatic heterocycles. The summed E-state index contributed by atoms with van der Waals surface area (Å²) in [5.41, 5.74) is 1.79. The summed E-state index contributed by atoms with van der Waals surface area (Å²) in [4.78, 5) is 15.2. The fourth-order valence-corrected chi connectivity index (χ4v) is 5.26. The number of rotatable bonds is 7. The molecule has 0 radical (unpaired) electrons. The molecule has 8 heteroatoms. The molecule has 1 fully saturated rings. The lowest BCUT2D eigenvalue weighted by Crippen LogP contribution is -2.17. The number of para-hydroxylation sites is 2. The predicted octanol–water partition coefficient (Wildman–Crippen LogP) is 4.87. The Kier molecular flexibility index (Phi) is 5.48. The van der Waals surface area contributed by atoms with Crippen molar-refractivity contribution in [3.63, 3.8) is 0 Å². The van der Waals surface area contributed by atoms with Gasteiger partial charge in [-0.2, -0.15) is 0 Å². The molecule has 7 nitrogen and oxygen atoms in total. The Morgan fingerprint density at radius 2 is 1.97 bits per heavy atom. The van der Waals surface area contributed by atoms with E-state index in [-0.39, 0.29) is 5.69 Å². The van der Waals surface area contributed by atoms with Crippen molar-refractivity contribution in [1.82, 2.24) is 24.3 Å². The maximum Gasteiger partial charge on any atom is 0.326 e. The first kappa shape index (κ1) is 19.2. The molecule has 0 saturated heterocycles. The molecule has 3 heterocycles. The lowest BCUT2D eigenvalue weighted by molar-refractivity contribution is 0.337. The summed E-state index contributed by atoms with van der Waals surface area (Å²) in [5.74, 6) is 2.46. The van der Waals surface area contributed by atoms with E-state index in [0.717, 1.165) is 52.8 Å². The van der Waals surface area contributed by atoms with Crippen LogP contribution in [-0.4, -0.2) is 30.1 Å². The van der Waals surface area contributed by atoms with E-state index in [1.165, 1.54) is 19.3 Å². The number of imidazole rings is 1. The van der Waals surface area contributed by atoms with Gasteiger partial charge in [0.15, 0.2) is 10.9 Å². The number of hydrogen-bond donors (Lipinski definition) is 1. The van der Waals surface area contributed by atoms with E-state index in [9.17, 15) is 4.79 Å². The lowest BCUT2D eigenvalue weighted by Gasteiger charge is -2.25. The number of H-pyrrole nitrogens is 1. The molecule has 0 bridgehead atoms. The largest absolute Gasteiger partial charge is 0.461 e. The highest BCUT2D eigenvalue weighted by Gasteiger charge is 2.24. The SMILES string of the molecule is O=c1[nH]c2ccccc2n1CCCSc1nnc(-c2ccco2)n1C1CCCCC1. The van der Waals surface area contributed by atoms with Crippen molar-refractivity contribution in [3.05, 3.63) is 53.1 Å². The fraction of sp³-hybridized carbons (Fsp3) is 0.409. The minimum atomic E-state index is -0.0494. The Labute approximate surface area is 178 Å². The van der Waals surface area contributed by atoms with Crippen LogP contribution in [0.3, 0.4) is 0 Å². The van der Waals surface area contributed by atoms with Gasteiger partial charge in [0.05, 0.1) is 17.3 Å². The zero-order valence-electron chi connectivity index (χ0n) is 16.8. The van der Waals surface area contributed by atoms with Crippen LogP contribution in [0.1, 0.15) is 44.6 Å². The molecule has 5 rings (SSSR count). The van der Waals surface area contributed by atoms with Gasteiger partial charge in [0.1, 0.15) is 0 Å². The number of aryl methyl sites for hydroxylation is 1. The zero-order chi connectivity index (χ0) is 20.3. The standard InChI is InChI=1S/C22H25N5O2S/c28-21-23-17-10-4-5-11-18(17)26(21)13-7-15-30-22-25-24-20(19-12-6-14-29-19)27(22)16-8-2-1-3-9-16/h4-6,10-12,14,16H,1-3,7-9,13,15H2,(H,23,28). The molecule has 1 N–H and O–H groups in total. The molecule has 3 aromatic heterocycles. The Bertz CT molecular complexity index is 1170. The highest BCUT2D eigenvalue weighted by atomic mass is 32.2. The normalized spacial score (nSPS) is 15.2. The van der Waals surface area contributed by atoms with E-state index >= 15 is 0 Å². The molecule has 1 aliphatic carbocycles. The summed E-state index contributed by atoms with van der Waals surface area (Å²) in [6.45, 7) is 0.679. The van der Waals surface area contributed by atoms with Gasteiger partial charge < -0.3 is 9.40 Å². The first-order valence-electron chi connectivity index (χ1n) is 10.6. The van der Waals surface area contributed by atoms with Crippen LogP contribution in [0.25, 0.3) is 22.6 Å². The minimum Gasteiger partial charge on any atom is -0.461 e. The van der Waals surface area contributed by atoms with Crippen LogP contribution in [0.5, 0.6) is 0 Å². The smallest absolute Gasteiger partial charge is 0.326 e. The fourth-order valence-electron chi connectivity index (χ4n) is 4.33. The summed E-state index contributed by atoms with van der Waals surface area (Å²) in [6.07, 6.45) is 8.66. The van der Waals surface area contributed by atoms with Gasteiger partial charge in [0, 0.05) is 18.3 Å². The van der Waals surface area contributed by atoms with Crippen molar-refractivity contribution in [2.24, 2.45) is 0 Å². The molecule has 0 atom stereocenters. The summed E-state index contributed by atoms with van der Waals surface area (Å²) >= 11 is 1.71. The van der Waals surface area contributed by atoms with Gasteiger partial charge in [0.25, 0.3) is 0 Å². The Hall–Kier alpha value is -2.74. The molecule has 1 saturated carbocycles. The Balaban J connectivity index is 1.31. The third kappa shape index (κ3) is 3.71. The van der Waals surface area contributed by atoms with Crippen molar-refractivity contribution in [1.29, 1.82) is 0 Å². The number of furan rings is 1. The van der Waals surface area contributed by atoms with Gasteiger partial charge >= 0.3 is 5.69 Å². The average Bonchev–Trinajstić information content (AvgIpc) is 3.50. The van der Waals surface area contributed by atoms with Crippen LogP contribution in [0.4, 0.5) is 0 Å². The molecule has 0 amide bonds. The number of benzene rings is 1. The number of thioether (sulfide) groups is 1. The number of fused-ring (bicyclic) bond motifs is 1. The number of aromatic nitrogens is 5. The monoisotopic (exact) mass is 423 g/mol. The maximum atomic E-state index is 12.3. The van der Waals surface area contributed by atoms with E-state index in [0.29, 0.717) is 12.6 Å². The van der Waals surface area contributed by atoms with Gasteiger partial charge in [-0.25, -0.2) is 4.79 Å². The molecule has 0 unspecified atom stereocenters. The van der Waals surface area contributed by atoms with E-state index in [1.54, 1.807) is 18.0 Å². The Morgan fingerprint density at radius 3 is 2.80 bits per heavy atom. The molecule has 1 aliphatic rings. The molecule has 4 aromatic rings. The highest BCUT2D eigenvalue weighted by Crippen LogP contribution is 2.35. The summed E-state index contributed by atoms with van der Waals surface area (Å²) < 4.78 is 9.71. The van der Waals surface area contributed by atoms with Gasteiger partial charge in [0.2, 0.25) is 5.82 Å². The minimum absolute atomic E-state index is 0.0494. The molecule has 0 spiro atoms. The van der Waals surface area contributed by atoms with Crippen LogP contribution in [0.15, 0.2) is 57.0 Å². The van der Waals surface area contributed by atoms with Gasteiger partial charge in [-0.1, -0.05) is 43.2 Å². The summed E-state index contributed by atoms with van der Waals surface area (Å²) in [7, 11) is 0. The topological polar surface area (TPSA) is 81.6 Å². The van der Waals surface area contributed by atoms with Crippen LogP contribution < -0.4 is 5.69 Å². The number of aromatic amines is 1. The van der Waals surface area contributed by atoms with Crippen molar-refractivity contribution in [2.75, 3.05) is 5.75 Å². The predicted molar refractivity (Wildman–Crippen MR) is 118 cm³/mol. The summed E-state index contributed by atoms with van der Waals surface area (Å²) in [5, 5.41) is 9.89. The van der Waals surface area contributed by atoms with Crippen molar-refractivity contribution in [2.45, 2.75) is 56.3 Å². The van der Waals surface area contributed by atoms with Crippen LogP contribution >= 0.6 is 11.8 Å². The van der Waals surface area contributed by atoms with E-state index in [1.807, 2.05) is 41.0 Å². The first-order chi connectivity index (χ1) is 14.8. The molecule has 156 valence electrons. The highest BCUT2D eigenvalue weighted by molar-refractivity contribution is 7.99. The third-order valence-electron chi connectivity index (χ3n) is 5.78. The van der Waals surface area contributed by atoms with Crippen molar-refractivity contribution in [3.8, 4) is 11.6 Å². The quantitative estimate of drug-likeness (QED) is 0.339. The average molecular weight is 424 g/mol. The van der Waals surface area contributed by atoms with Crippen molar-refractivity contribution >= 4 is 22.8 Å². The zero-order valence-corrected chi connectivity index (χ0v) is 17.6. The van der Waals surface area contributed by atoms with E-state index in [2.05, 4.69) is 19.7 Å². The second-order valence-electron chi connectivity index (χ2n) is 7.75. The number of nitrogens with one attached hydrogen (secondary N) is 1. The molecule has 30 heavy (non-hydrogen) atoms. The maximum absolute atomic E-state index is 12.3. The van der Waals surface area contributed by atoms with Crippen LogP contribution in [-0.2, 0) is 6.54 Å². The molecular formula is C22H25N5O2S. The molecule has 1 aromatic carbocycles. The van der Waals surface area contributed by atoms with Gasteiger partial charge in [-0.05, 0) is 43.5 Å². The second-order valence-corrected chi connectivity index (χ2v) is 8.81. The lowest BCUT2D eigenvalue weighted by atomic mass is 9.95. The summed E-state index contributed by atoms with van der Waals surface area (Å²) in [6, 6.07) is 12.1. The Morgan fingerprint density at radius 1 is 1.10 bits per heavy atom.